The van der Waals surface area contributed by atoms with Crippen LogP contribution in [0.1, 0.15) is 27.5 Å². The first-order chi connectivity index (χ1) is 11.5. The highest BCUT2D eigenvalue weighted by Crippen LogP contribution is 2.21. The minimum Gasteiger partial charge on any atom is -0.337 e. The van der Waals surface area contributed by atoms with Crippen LogP contribution < -0.4 is 0 Å². The van der Waals surface area contributed by atoms with Crippen molar-refractivity contribution in [1.29, 1.82) is 0 Å². The second-order valence-corrected chi connectivity index (χ2v) is 7.80. The number of amides is 1. The van der Waals surface area contributed by atoms with Gasteiger partial charge >= 0.3 is 0 Å². The van der Waals surface area contributed by atoms with Gasteiger partial charge in [-0.3, -0.25) is 9.69 Å². The molecule has 0 N–H and O–H groups in total. The van der Waals surface area contributed by atoms with E-state index in [1.165, 1.54) is 0 Å². The number of rotatable bonds is 3. The van der Waals surface area contributed by atoms with Gasteiger partial charge in [0.1, 0.15) is 5.82 Å². The monoisotopic (exact) mass is 411 g/mol. The minimum atomic E-state index is -0.485. The van der Waals surface area contributed by atoms with Gasteiger partial charge in [0.2, 0.25) is 0 Å². The molecule has 1 fully saturated rings. The highest BCUT2D eigenvalue weighted by Gasteiger charge is 2.23. The molecule has 0 saturated carbocycles. The Morgan fingerprint density at radius 2 is 2.17 bits per heavy atom. The molecule has 1 aromatic heterocycles. The molecule has 0 bridgehead atoms. The van der Waals surface area contributed by atoms with Crippen LogP contribution in [0.3, 0.4) is 0 Å². The van der Waals surface area contributed by atoms with Crippen molar-refractivity contribution in [3.05, 3.63) is 50.1 Å². The van der Waals surface area contributed by atoms with Gasteiger partial charge in [-0.25, -0.2) is 9.37 Å². The molecule has 4 nitrogen and oxygen atoms in total. The zero-order chi connectivity index (χ0) is 17.1. The van der Waals surface area contributed by atoms with Gasteiger partial charge in [0, 0.05) is 38.1 Å². The normalized spacial score (nSPS) is 16.2. The summed E-state index contributed by atoms with van der Waals surface area (Å²) in [7, 11) is 0. The molecule has 2 aromatic rings. The average Bonchev–Trinajstić information content (AvgIpc) is 2.82. The van der Waals surface area contributed by atoms with Gasteiger partial charge in [0.15, 0.2) is 0 Å². The van der Waals surface area contributed by atoms with E-state index in [1.807, 2.05) is 6.92 Å². The van der Waals surface area contributed by atoms with Crippen molar-refractivity contribution in [2.24, 2.45) is 0 Å². The van der Waals surface area contributed by atoms with Crippen LogP contribution in [-0.2, 0) is 6.54 Å². The van der Waals surface area contributed by atoms with E-state index in [4.69, 9.17) is 0 Å². The van der Waals surface area contributed by atoms with Crippen molar-refractivity contribution in [2.45, 2.75) is 19.9 Å². The number of hydrogen-bond donors (Lipinski definition) is 0. The predicted molar refractivity (Wildman–Crippen MR) is 96.7 cm³/mol. The van der Waals surface area contributed by atoms with E-state index in [-0.39, 0.29) is 11.5 Å². The van der Waals surface area contributed by atoms with Crippen molar-refractivity contribution >= 4 is 33.2 Å². The number of halogens is 2. The van der Waals surface area contributed by atoms with E-state index in [9.17, 15) is 9.18 Å². The van der Waals surface area contributed by atoms with Crippen LogP contribution >= 0.6 is 27.3 Å². The molecule has 1 aromatic carbocycles. The highest BCUT2D eigenvalue weighted by molar-refractivity contribution is 9.10. The maximum Gasteiger partial charge on any atom is 0.256 e. The smallest absolute Gasteiger partial charge is 0.256 e. The fourth-order valence-corrected chi connectivity index (χ4v) is 3.85. The van der Waals surface area contributed by atoms with Crippen molar-refractivity contribution in [3.8, 4) is 0 Å². The molecular weight excluding hydrogens is 393 g/mol. The van der Waals surface area contributed by atoms with Gasteiger partial charge in [-0.15, -0.1) is 11.3 Å². The molecule has 0 radical (unpaired) electrons. The lowest BCUT2D eigenvalue weighted by atomic mass is 10.2. The average molecular weight is 412 g/mol. The van der Waals surface area contributed by atoms with Gasteiger partial charge in [0.05, 0.1) is 20.7 Å². The SMILES string of the molecule is Cc1nc(CN2CCCN(C(=O)c3cccc(Br)c3F)CC2)cs1. The number of hydrogen-bond acceptors (Lipinski definition) is 4. The van der Waals surface area contributed by atoms with E-state index in [2.05, 4.69) is 31.2 Å². The summed E-state index contributed by atoms with van der Waals surface area (Å²) in [6.45, 7) is 5.76. The van der Waals surface area contributed by atoms with Crippen molar-refractivity contribution in [2.75, 3.05) is 26.2 Å². The van der Waals surface area contributed by atoms with E-state index in [0.29, 0.717) is 17.6 Å². The second-order valence-electron chi connectivity index (χ2n) is 5.88. The molecule has 7 heteroatoms. The van der Waals surface area contributed by atoms with Crippen LogP contribution in [0.25, 0.3) is 0 Å². The molecule has 3 rings (SSSR count). The lowest BCUT2D eigenvalue weighted by molar-refractivity contribution is 0.0756. The molecule has 24 heavy (non-hydrogen) atoms. The zero-order valence-electron chi connectivity index (χ0n) is 13.5. The Morgan fingerprint density at radius 3 is 2.92 bits per heavy atom. The van der Waals surface area contributed by atoms with Crippen molar-refractivity contribution in [3.63, 3.8) is 0 Å². The Balaban J connectivity index is 1.64. The van der Waals surface area contributed by atoms with E-state index in [1.54, 1.807) is 34.4 Å². The number of aromatic nitrogens is 1. The van der Waals surface area contributed by atoms with Crippen LogP contribution in [0, 0.1) is 12.7 Å². The van der Waals surface area contributed by atoms with E-state index < -0.39 is 5.82 Å². The minimum absolute atomic E-state index is 0.132. The fourth-order valence-electron chi connectivity index (χ4n) is 2.88. The number of benzene rings is 1. The Kier molecular flexibility index (Phi) is 5.63. The first-order valence-electron chi connectivity index (χ1n) is 7.91. The summed E-state index contributed by atoms with van der Waals surface area (Å²) in [6, 6.07) is 4.84. The summed E-state index contributed by atoms with van der Waals surface area (Å²) < 4.78 is 14.5. The summed E-state index contributed by atoms with van der Waals surface area (Å²) in [5, 5.41) is 3.15. The molecule has 1 saturated heterocycles. The summed E-state index contributed by atoms with van der Waals surface area (Å²) in [6.07, 6.45) is 0.879. The molecule has 1 amide bonds. The molecule has 1 aliphatic heterocycles. The van der Waals surface area contributed by atoms with E-state index in [0.717, 1.165) is 36.8 Å². The number of aryl methyl sites for hydroxylation is 1. The van der Waals surface area contributed by atoms with Gasteiger partial charge < -0.3 is 4.90 Å². The fraction of sp³-hybridized carbons (Fsp3) is 0.412. The van der Waals surface area contributed by atoms with Crippen molar-refractivity contribution in [1.82, 2.24) is 14.8 Å². The van der Waals surface area contributed by atoms with Crippen molar-refractivity contribution < 1.29 is 9.18 Å². The Hall–Kier alpha value is -1.31. The van der Waals surface area contributed by atoms with Gasteiger partial charge in [-0.2, -0.15) is 0 Å². The van der Waals surface area contributed by atoms with Crippen LogP contribution in [-0.4, -0.2) is 46.9 Å². The topological polar surface area (TPSA) is 36.4 Å². The molecule has 128 valence electrons. The standard InChI is InChI=1S/C17H19BrFN3OS/c1-12-20-13(11-24-12)10-21-6-3-7-22(9-8-21)17(23)14-4-2-5-15(18)16(14)19/h2,4-5,11H,3,6-10H2,1H3. The Morgan fingerprint density at radius 1 is 1.33 bits per heavy atom. The predicted octanol–water partition coefficient (Wildman–Crippen LogP) is 3.70. The largest absolute Gasteiger partial charge is 0.337 e. The number of carbonyl (C=O) groups is 1. The van der Waals surface area contributed by atoms with Crippen LogP contribution in [0.5, 0.6) is 0 Å². The maximum atomic E-state index is 14.2. The van der Waals surface area contributed by atoms with Gasteiger partial charge in [0.25, 0.3) is 5.91 Å². The molecular formula is C17H19BrFN3OS. The maximum absolute atomic E-state index is 14.2. The first-order valence-corrected chi connectivity index (χ1v) is 9.58. The third-order valence-electron chi connectivity index (χ3n) is 4.11. The molecule has 0 atom stereocenters. The highest BCUT2D eigenvalue weighted by atomic mass is 79.9. The third kappa shape index (κ3) is 4.02. The molecule has 2 heterocycles. The lowest BCUT2D eigenvalue weighted by Crippen LogP contribution is -2.35. The van der Waals surface area contributed by atoms with E-state index >= 15 is 0 Å². The first kappa shape index (κ1) is 17.5. The second kappa shape index (κ2) is 7.72. The molecule has 0 aliphatic carbocycles. The molecule has 0 spiro atoms. The summed E-state index contributed by atoms with van der Waals surface area (Å²) in [5.41, 5.74) is 1.21. The molecule has 0 unspecified atom stereocenters. The number of nitrogens with zero attached hydrogens (tertiary/aromatic N) is 3. The third-order valence-corrected chi connectivity index (χ3v) is 5.54. The summed E-state index contributed by atoms with van der Waals surface area (Å²) >= 11 is 4.80. The van der Waals surface area contributed by atoms with Gasteiger partial charge in [-0.05, 0) is 41.4 Å². The summed E-state index contributed by atoms with van der Waals surface area (Å²) in [5.74, 6) is -0.721. The zero-order valence-corrected chi connectivity index (χ0v) is 15.9. The van der Waals surface area contributed by atoms with Crippen LogP contribution in [0.15, 0.2) is 28.1 Å². The quantitative estimate of drug-likeness (QED) is 0.772. The van der Waals surface area contributed by atoms with Crippen LogP contribution in [0.2, 0.25) is 0 Å². The van der Waals surface area contributed by atoms with Crippen LogP contribution in [0.4, 0.5) is 4.39 Å². The molecule has 1 aliphatic rings. The van der Waals surface area contributed by atoms with Gasteiger partial charge in [-0.1, -0.05) is 6.07 Å². The lowest BCUT2D eigenvalue weighted by Gasteiger charge is -2.22. The Labute approximate surface area is 153 Å². The Bertz CT molecular complexity index is 736. The number of carbonyl (C=O) groups excluding carboxylic acids is 1. The number of thiazole rings is 1. The summed E-state index contributed by atoms with van der Waals surface area (Å²) in [4.78, 5) is 21.2.